The van der Waals surface area contributed by atoms with Gasteiger partial charge in [0.25, 0.3) is 0 Å². The van der Waals surface area contributed by atoms with E-state index in [0.717, 1.165) is 7.11 Å². The Kier molecular flexibility index (Phi) is 5.34. The number of nitrogens with one attached hydrogen (secondary N) is 1. The maximum Gasteiger partial charge on any atom is 0.320 e. The first kappa shape index (κ1) is 16.3. The van der Waals surface area contributed by atoms with E-state index in [-0.39, 0.29) is 11.4 Å². The highest BCUT2D eigenvalue weighted by atomic mass is 35.5. The molecule has 0 aliphatic rings. The van der Waals surface area contributed by atoms with E-state index in [1.807, 2.05) is 0 Å². The number of nitrogens with two attached hydrogens (primary N) is 1. The highest BCUT2D eigenvalue weighted by Gasteiger charge is 2.21. The van der Waals surface area contributed by atoms with E-state index in [2.05, 4.69) is 10.1 Å². The van der Waals surface area contributed by atoms with Gasteiger partial charge in [-0.3, -0.25) is 9.59 Å². The molecule has 1 rings (SSSR count). The smallest absolute Gasteiger partial charge is 0.320 e. The van der Waals surface area contributed by atoms with Crippen LogP contribution in [-0.4, -0.2) is 38.9 Å². The number of nitrogen functional groups attached to an aromatic ring is 1. The molecular weight excluding hydrogens is 308 g/mol. The molecule has 9 heteroatoms. The van der Waals surface area contributed by atoms with E-state index < -0.39 is 33.2 Å². The van der Waals surface area contributed by atoms with E-state index in [0.29, 0.717) is 5.02 Å². The van der Waals surface area contributed by atoms with Crippen molar-refractivity contribution in [2.75, 3.05) is 29.7 Å². The number of hydrogen-bond acceptors (Lipinski definition) is 6. The van der Waals surface area contributed by atoms with E-state index in [9.17, 15) is 18.0 Å². The third-order valence-corrected chi connectivity index (χ3v) is 3.82. The lowest BCUT2D eigenvalue weighted by Crippen LogP contribution is -2.28. The number of anilines is 2. The fourth-order valence-electron chi connectivity index (χ4n) is 1.32. The van der Waals surface area contributed by atoms with Crippen LogP contribution in [0.5, 0.6) is 0 Å². The molecule has 0 fully saturated rings. The zero-order valence-electron chi connectivity index (χ0n) is 10.6. The number of amides is 1. The molecule has 0 aliphatic carbocycles. The molecule has 0 saturated heterocycles. The molecule has 3 N–H and O–H groups in total. The summed E-state index contributed by atoms with van der Waals surface area (Å²) in [6.45, 7) is 0. The van der Waals surface area contributed by atoms with Crippen LogP contribution in [-0.2, 0) is 24.2 Å². The SMILES string of the molecule is COC(=O)CS(=O)(=O)CC(=O)Nc1ccc(Cl)cc1N. The standard InChI is InChI=1S/C11H13ClN2O5S/c1-19-11(16)6-20(17,18)5-10(15)14-9-3-2-7(12)4-8(9)13/h2-4H,5-6,13H2,1H3,(H,14,15). The minimum Gasteiger partial charge on any atom is -0.468 e. The maximum atomic E-state index is 11.6. The number of hydrogen-bond donors (Lipinski definition) is 2. The first-order chi connectivity index (χ1) is 9.23. The van der Waals surface area contributed by atoms with Gasteiger partial charge in [-0.15, -0.1) is 0 Å². The molecule has 0 atom stereocenters. The van der Waals surface area contributed by atoms with Gasteiger partial charge in [-0.05, 0) is 18.2 Å². The summed E-state index contributed by atoms with van der Waals surface area (Å²) in [4.78, 5) is 22.5. The number of sulfone groups is 1. The summed E-state index contributed by atoms with van der Waals surface area (Å²) in [5.74, 6) is -3.43. The van der Waals surface area contributed by atoms with E-state index in [1.54, 1.807) is 0 Å². The summed E-state index contributed by atoms with van der Waals surface area (Å²) in [5.41, 5.74) is 6.06. The Bertz CT molecular complexity index is 630. The first-order valence-electron chi connectivity index (χ1n) is 5.35. The lowest BCUT2D eigenvalue weighted by molar-refractivity contribution is -0.137. The summed E-state index contributed by atoms with van der Waals surface area (Å²) in [6, 6.07) is 4.36. The minimum atomic E-state index is -3.89. The van der Waals surface area contributed by atoms with Gasteiger partial charge in [-0.2, -0.15) is 0 Å². The molecule has 0 unspecified atom stereocenters. The predicted octanol–water partition coefficient (Wildman–Crippen LogP) is 0.448. The maximum absolute atomic E-state index is 11.6. The number of esters is 1. The van der Waals surface area contributed by atoms with Crippen LogP contribution >= 0.6 is 11.6 Å². The topological polar surface area (TPSA) is 116 Å². The zero-order valence-corrected chi connectivity index (χ0v) is 12.1. The van der Waals surface area contributed by atoms with Crippen LogP contribution in [0.25, 0.3) is 0 Å². The second-order valence-corrected chi connectivity index (χ2v) is 6.39. The van der Waals surface area contributed by atoms with Crippen LogP contribution in [0, 0.1) is 0 Å². The summed E-state index contributed by atoms with van der Waals surface area (Å²) >= 11 is 5.69. The van der Waals surface area contributed by atoms with Crippen molar-refractivity contribution in [3.8, 4) is 0 Å². The van der Waals surface area contributed by atoms with Gasteiger partial charge in [-0.1, -0.05) is 11.6 Å². The lowest BCUT2D eigenvalue weighted by atomic mass is 10.2. The number of methoxy groups -OCH3 is 1. The van der Waals surface area contributed by atoms with E-state index >= 15 is 0 Å². The van der Waals surface area contributed by atoms with Gasteiger partial charge in [-0.25, -0.2) is 8.42 Å². The third kappa shape index (κ3) is 5.06. The molecule has 7 nitrogen and oxygen atoms in total. The number of carbonyl (C=O) groups excluding carboxylic acids is 2. The average Bonchev–Trinajstić information content (AvgIpc) is 2.31. The minimum absolute atomic E-state index is 0.205. The number of rotatable bonds is 5. The number of carbonyl (C=O) groups is 2. The monoisotopic (exact) mass is 320 g/mol. The van der Waals surface area contributed by atoms with Crippen molar-refractivity contribution in [3.05, 3.63) is 23.2 Å². The predicted molar refractivity (Wildman–Crippen MR) is 75.2 cm³/mol. The lowest BCUT2D eigenvalue weighted by Gasteiger charge is -2.08. The Morgan fingerprint density at radius 3 is 2.55 bits per heavy atom. The second kappa shape index (κ2) is 6.58. The Morgan fingerprint density at radius 1 is 1.35 bits per heavy atom. The molecule has 1 aromatic rings. The van der Waals surface area contributed by atoms with Gasteiger partial charge in [0.1, 0.15) is 11.5 Å². The Labute approximate surface area is 121 Å². The summed E-state index contributed by atoms with van der Waals surface area (Å²) < 4.78 is 27.3. The summed E-state index contributed by atoms with van der Waals surface area (Å²) in [7, 11) is -2.82. The van der Waals surface area contributed by atoms with Gasteiger partial charge in [0.2, 0.25) is 5.91 Å². The molecule has 0 aromatic heterocycles. The van der Waals surface area contributed by atoms with E-state index in [4.69, 9.17) is 17.3 Å². The Balaban J connectivity index is 2.70. The molecular formula is C11H13ClN2O5S. The van der Waals surface area contributed by atoms with Gasteiger partial charge >= 0.3 is 5.97 Å². The molecule has 110 valence electrons. The van der Waals surface area contributed by atoms with Crippen molar-refractivity contribution in [2.45, 2.75) is 0 Å². The molecule has 1 amide bonds. The molecule has 0 radical (unpaired) electrons. The number of halogens is 1. The van der Waals surface area contributed by atoms with Crippen molar-refractivity contribution >= 4 is 44.7 Å². The van der Waals surface area contributed by atoms with Crippen molar-refractivity contribution < 1.29 is 22.7 Å². The highest BCUT2D eigenvalue weighted by molar-refractivity contribution is 7.92. The van der Waals surface area contributed by atoms with Crippen LogP contribution in [0.1, 0.15) is 0 Å². The van der Waals surface area contributed by atoms with E-state index in [1.165, 1.54) is 18.2 Å². The number of ether oxygens (including phenoxy) is 1. The van der Waals surface area contributed by atoms with Crippen molar-refractivity contribution in [1.29, 1.82) is 0 Å². The molecule has 0 heterocycles. The van der Waals surface area contributed by atoms with Crippen LogP contribution in [0.2, 0.25) is 5.02 Å². The van der Waals surface area contributed by atoms with Crippen LogP contribution in [0.4, 0.5) is 11.4 Å². The van der Waals surface area contributed by atoms with Crippen LogP contribution < -0.4 is 11.1 Å². The molecule has 0 spiro atoms. The van der Waals surface area contributed by atoms with Crippen molar-refractivity contribution in [1.82, 2.24) is 0 Å². The summed E-state index contributed by atoms with van der Waals surface area (Å²) in [5, 5.41) is 2.72. The molecule has 20 heavy (non-hydrogen) atoms. The van der Waals surface area contributed by atoms with Crippen LogP contribution in [0.15, 0.2) is 18.2 Å². The quantitative estimate of drug-likeness (QED) is 0.601. The normalized spacial score (nSPS) is 10.9. The van der Waals surface area contributed by atoms with Crippen molar-refractivity contribution in [3.63, 3.8) is 0 Å². The van der Waals surface area contributed by atoms with Gasteiger partial charge in [0, 0.05) is 5.02 Å². The van der Waals surface area contributed by atoms with Gasteiger partial charge in [0.05, 0.1) is 18.5 Å². The van der Waals surface area contributed by atoms with Crippen molar-refractivity contribution in [2.24, 2.45) is 0 Å². The van der Waals surface area contributed by atoms with Gasteiger partial charge in [0.15, 0.2) is 9.84 Å². The fourth-order valence-corrected chi connectivity index (χ4v) is 2.55. The molecule has 0 aliphatic heterocycles. The Hall–Kier alpha value is -1.80. The first-order valence-corrected chi connectivity index (χ1v) is 7.55. The van der Waals surface area contributed by atoms with Crippen LogP contribution in [0.3, 0.4) is 0 Å². The molecule has 0 saturated carbocycles. The largest absolute Gasteiger partial charge is 0.468 e. The zero-order chi connectivity index (χ0) is 15.3. The number of benzene rings is 1. The fraction of sp³-hybridized carbons (Fsp3) is 0.273. The third-order valence-electron chi connectivity index (χ3n) is 2.20. The highest BCUT2D eigenvalue weighted by Crippen LogP contribution is 2.22. The molecule has 1 aromatic carbocycles. The average molecular weight is 321 g/mol. The van der Waals surface area contributed by atoms with Gasteiger partial charge < -0.3 is 15.8 Å². The Morgan fingerprint density at radius 2 is 2.00 bits per heavy atom. The summed E-state index contributed by atoms with van der Waals surface area (Å²) in [6.07, 6.45) is 0. The second-order valence-electron chi connectivity index (χ2n) is 3.89. The molecule has 0 bridgehead atoms.